The minimum absolute atomic E-state index is 0. The van der Waals surface area contributed by atoms with Gasteiger partial charge >= 0.3 is 39.8 Å². The quantitative estimate of drug-likeness (QED) is 0.445. The molecular formula is H5AlFGaOY. The summed E-state index contributed by atoms with van der Waals surface area (Å²) >= 11 is 0.611. The van der Waals surface area contributed by atoms with Crippen LogP contribution in [0.5, 0.6) is 0 Å². The summed E-state index contributed by atoms with van der Waals surface area (Å²) in [5.74, 6) is 0. The maximum Gasteiger partial charge on any atom is 0 e. The Hall–Kier alpha value is 2.00. The second-order valence-electron chi connectivity index (χ2n) is 0. The van der Waals surface area contributed by atoms with E-state index in [1.807, 2.05) is 0 Å². The molecule has 0 saturated heterocycles. The molecule has 0 saturated carbocycles. The maximum atomic E-state index is 8.28. The van der Waals surface area contributed by atoms with E-state index in [1.165, 1.54) is 0 Å². The topological polar surface area (TPSA) is 17.1 Å². The van der Waals surface area contributed by atoms with Gasteiger partial charge in [0.2, 0.25) is 0 Å². The van der Waals surface area contributed by atoms with Gasteiger partial charge in [-0.1, -0.05) is 0 Å². The van der Waals surface area contributed by atoms with E-state index in [0.29, 0.717) is 16.2 Å². The van der Waals surface area contributed by atoms with Crippen molar-refractivity contribution >= 4 is 36.0 Å². The second-order valence-corrected chi connectivity index (χ2v) is 0. The molecule has 0 bridgehead atoms. The van der Waals surface area contributed by atoms with E-state index in [9.17, 15) is 0 Å². The molecule has 5 heteroatoms. The van der Waals surface area contributed by atoms with Crippen LogP contribution in [0, 0.1) is 0 Å². The summed E-state index contributed by atoms with van der Waals surface area (Å²) in [4.78, 5) is 0. The van der Waals surface area contributed by atoms with Crippen molar-refractivity contribution in [3.05, 3.63) is 0 Å². The molecule has 0 aromatic rings. The fourth-order valence-electron chi connectivity index (χ4n) is 0. The summed E-state index contributed by atoms with van der Waals surface area (Å²) in [5, 5.41) is 0. The molecule has 27 valence electrons. The minimum atomic E-state index is 0. The van der Waals surface area contributed by atoms with Gasteiger partial charge in [0.1, 0.15) is 0 Å². The van der Waals surface area contributed by atoms with E-state index in [4.69, 9.17) is 3.80 Å². The third kappa shape index (κ3) is 24.0. The van der Waals surface area contributed by atoms with Crippen LogP contribution in [-0.2, 0) is 36.5 Å². The van der Waals surface area contributed by atoms with Crippen LogP contribution in [0.3, 0.4) is 0 Å². The number of rotatable bonds is 0. The zero-order valence-corrected chi connectivity index (χ0v) is 6.35. The van der Waals surface area contributed by atoms with Gasteiger partial charge in [0.05, 0.1) is 0 Å². The Labute approximate surface area is 76.2 Å². The molecule has 0 spiro atoms. The molecular weight excluding hydrogens is 221 g/mol. The Bertz CT molecular complexity index is 11.6. The molecule has 0 heterocycles. The first kappa shape index (κ1) is 28.0. The van der Waals surface area contributed by atoms with Gasteiger partial charge in [-0.2, -0.15) is 0 Å². The molecule has 0 aliphatic rings. The predicted molar refractivity (Wildman–Crippen MR) is 20.3 cm³/mol. The van der Waals surface area contributed by atoms with Crippen molar-refractivity contribution in [3.8, 4) is 0 Å². The van der Waals surface area contributed by atoms with E-state index in [2.05, 4.69) is 0 Å². The molecule has 0 aliphatic heterocycles. The zero-order chi connectivity index (χ0) is 2.00. The third-order valence-corrected chi connectivity index (χ3v) is 0. The number of hydrogen-bond acceptors (Lipinski definition) is 1. The summed E-state index contributed by atoms with van der Waals surface area (Å²) in [6.07, 6.45) is 0. The van der Waals surface area contributed by atoms with E-state index in [1.54, 1.807) is 0 Å². The maximum absolute atomic E-state index is 8.28. The summed E-state index contributed by atoms with van der Waals surface area (Å²) < 4.78 is 8.28. The average Bonchev–Trinajstić information content (AvgIpc) is 1.00. The van der Waals surface area contributed by atoms with Crippen LogP contribution >= 0.6 is 0 Å². The molecule has 0 aromatic carbocycles. The van der Waals surface area contributed by atoms with Crippen LogP contribution < -0.4 is 0 Å². The van der Waals surface area contributed by atoms with Crippen molar-refractivity contribution in [1.82, 2.24) is 0 Å². The fourth-order valence-corrected chi connectivity index (χ4v) is 0. The molecule has 5 heavy (non-hydrogen) atoms. The van der Waals surface area contributed by atoms with Crippen LogP contribution in [0.25, 0.3) is 0 Å². The van der Waals surface area contributed by atoms with Crippen LogP contribution in [0.4, 0.5) is 4.70 Å². The molecule has 0 amide bonds. The molecule has 0 unspecified atom stereocenters. The van der Waals surface area contributed by atoms with Gasteiger partial charge in [0, 0.05) is 32.7 Å². The van der Waals surface area contributed by atoms with Crippen molar-refractivity contribution < 1.29 is 41.2 Å². The summed E-state index contributed by atoms with van der Waals surface area (Å²) in [5.41, 5.74) is 0. The molecule has 0 atom stereocenters. The van der Waals surface area contributed by atoms with Gasteiger partial charge in [-0.05, 0) is 0 Å². The van der Waals surface area contributed by atoms with E-state index in [-0.39, 0.29) is 57.2 Å². The van der Waals surface area contributed by atoms with Crippen LogP contribution in [0.2, 0.25) is 0 Å². The van der Waals surface area contributed by atoms with Gasteiger partial charge in [-0.15, -0.1) is 0 Å². The Balaban J connectivity index is -0.00000000167. The first-order valence-corrected chi connectivity index (χ1v) is 0.866. The van der Waals surface area contributed by atoms with E-state index >= 15 is 0 Å². The first-order valence-electron chi connectivity index (χ1n) is 0.289. The zero-order valence-electron chi connectivity index (χ0n) is 2.10. The molecule has 0 aliphatic carbocycles. The van der Waals surface area contributed by atoms with E-state index < -0.39 is 0 Å². The summed E-state index contributed by atoms with van der Waals surface area (Å²) in [6.45, 7) is 0. The van der Waals surface area contributed by atoms with E-state index in [0.717, 1.165) is 0 Å². The largest absolute Gasteiger partial charge is 0 e. The normalized spacial score (nSPS) is 0.600. The van der Waals surface area contributed by atoms with Crippen molar-refractivity contribution in [2.24, 2.45) is 0 Å². The average molecular weight is 226 g/mol. The smallest absolute Gasteiger partial charge is 0 e. The molecule has 0 N–H and O–H groups in total. The molecule has 0 rings (SSSR count). The minimum Gasteiger partial charge on any atom is 0 e. The van der Waals surface area contributed by atoms with Crippen molar-refractivity contribution in [2.45, 2.75) is 0 Å². The van der Waals surface area contributed by atoms with Gasteiger partial charge < -0.3 is 0 Å². The number of hydrogen-bond donors (Lipinski definition) is 0. The Morgan fingerprint density at radius 1 is 1.20 bits per heavy atom. The monoisotopic (exact) mass is 225 g/mol. The fraction of sp³-hybridized carbons (Fsp3) is 0. The van der Waals surface area contributed by atoms with Crippen molar-refractivity contribution in [3.63, 3.8) is 0 Å². The van der Waals surface area contributed by atoms with Crippen LogP contribution in [0.15, 0.2) is 0 Å². The Morgan fingerprint density at radius 2 is 1.20 bits per heavy atom. The van der Waals surface area contributed by atoms with Gasteiger partial charge in [-0.25, -0.2) is 0 Å². The summed E-state index contributed by atoms with van der Waals surface area (Å²) in [6, 6.07) is 0. The van der Waals surface area contributed by atoms with Crippen molar-refractivity contribution in [1.29, 1.82) is 0 Å². The van der Waals surface area contributed by atoms with Gasteiger partial charge in [-0.3, -0.25) is 4.70 Å². The molecule has 1 radical (unpaired) electrons. The van der Waals surface area contributed by atoms with Crippen LogP contribution in [-0.4, -0.2) is 36.0 Å². The van der Waals surface area contributed by atoms with Gasteiger partial charge in [0.25, 0.3) is 0 Å². The standard InChI is InChI=1S/Al.FH.Ga.O.Y.4H/h;1H;;;;;;;. The predicted octanol–water partition coefficient (Wildman–Crippen LogP) is -1.80. The molecule has 0 fully saturated rings. The third-order valence-electron chi connectivity index (χ3n) is 0. The molecule has 1 nitrogen and oxygen atoms in total. The van der Waals surface area contributed by atoms with Crippen molar-refractivity contribution in [2.75, 3.05) is 0 Å². The SMILES string of the molecule is F.[GaH3].[O]=[AlH].[Y]. The number of halogens is 1. The Morgan fingerprint density at radius 3 is 1.20 bits per heavy atom. The Kier molecular flexibility index (Phi) is 210. The second kappa shape index (κ2) is 37.5. The first-order chi connectivity index (χ1) is 1.00. The van der Waals surface area contributed by atoms with Crippen LogP contribution in [0.1, 0.15) is 0 Å². The van der Waals surface area contributed by atoms with Gasteiger partial charge in [0.15, 0.2) is 0 Å². The summed E-state index contributed by atoms with van der Waals surface area (Å²) in [7, 11) is 0. The molecule has 0 aromatic heterocycles.